The van der Waals surface area contributed by atoms with Crippen LogP contribution in [0.5, 0.6) is 0 Å². The second-order valence-corrected chi connectivity index (χ2v) is 17.0. The summed E-state index contributed by atoms with van der Waals surface area (Å²) >= 11 is 0. The van der Waals surface area contributed by atoms with Gasteiger partial charge in [-0.05, 0) is 109 Å². The summed E-state index contributed by atoms with van der Waals surface area (Å²) in [5.74, 6) is -1.02. The Kier molecular flexibility index (Phi) is 49.5. The number of carbonyl (C=O) groups excluding carboxylic acids is 3. The normalized spacial score (nSPS) is 13.0. The lowest BCUT2D eigenvalue weighted by atomic mass is 10.1. The zero-order valence-corrected chi connectivity index (χ0v) is 42.0. The van der Waals surface area contributed by atoms with Crippen molar-refractivity contribution >= 4 is 17.9 Å². The highest BCUT2D eigenvalue weighted by atomic mass is 16.6. The average molecular weight is 901 g/mol. The van der Waals surface area contributed by atoms with E-state index in [0.717, 1.165) is 103 Å². The molecule has 1 atom stereocenters. The summed E-state index contributed by atoms with van der Waals surface area (Å²) in [6, 6.07) is 0. The van der Waals surface area contributed by atoms with Crippen molar-refractivity contribution < 1.29 is 28.6 Å². The topological polar surface area (TPSA) is 78.9 Å². The van der Waals surface area contributed by atoms with Gasteiger partial charge in [0.05, 0.1) is 0 Å². The highest BCUT2D eigenvalue weighted by molar-refractivity contribution is 5.71. The number of ether oxygens (including phenoxy) is 3. The van der Waals surface area contributed by atoms with Crippen LogP contribution in [0.25, 0.3) is 0 Å². The summed E-state index contributed by atoms with van der Waals surface area (Å²) in [6.07, 6.45) is 70.8. The van der Waals surface area contributed by atoms with Gasteiger partial charge in [-0.3, -0.25) is 14.4 Å². The Morgan fingerprint density at radius 3 is 1.06 bits per heavy atom. The largest absolute Gasteiger partial charge is 0.462 e. The first-order valence-electron chi connectivity index (χ1n) is 26.4. The van der Waals surface area contributed by atoms with E-state index in [0.29, 0.717) is 19.3 Å². The molecule has 65 heavy (non-hydrogen) atoms. The van der Waals surface area contributed by atoms with E-state index >= 15 is 0 Å². The molecule has 0 unspecified atom stereocenters. The Morgan fingerprint density at radius 2 is 0.646 bits per heavy atom. The first kappa shape index (κ1) is 61.1. The van der Waals surface area contributed by atoms with Crippen LogP contribution in [0.3, 0.4) is 0 Å². The van der Waals surface area contributed by atoms with Crippen LogP contribution in [-0.2, 0) is 28.6 Å². The molecule has 0 spiro atoms. The molecule has 368 valence electrons. The van der Waals surface area contributed by atoms with Gasteiger partial charge in [0.25, 0.3) is 0 Å². The molecule has 0 fully saturated rings. The maximum absolute atomic E-state index is 12.8. The molecule has 0 saturated heterocycles. The highest BCUT2D eigenvalue weighted by Crippen LogP contribution is 2.13. The number of hydrogen-bond donors (Lipinski definition) is 0. The standard InChI is InChI=1S/C59H96O6/c1-4-7-10-13-16-19-22-24-26-28-29-31-33-35-38-41-44-47-50-53-59(62)65-56(54-63-57(60)51-48-45-42-39-36-21-18-15-12-9-6-3)55-64-58(61)52-49-46-43-40-37-34-32-30-27-25-23-20-17-14-11-8-5-2/h7,10,15-20,24-27,29,31,35,38,44,47,56H,4-6,8-9,11-14,21-23,28,30,32-34,36-37,39-43,45-46,48-55H2,1-3H3/b10-7-,18-15-,19-16-,20-17-,26-24-,27-25-,31-29-,38-35-,47-44-/t56-/m0/s1. The molecule has 0 bridgehead atoms. The molecular weight excluding hydrogens is 805 g/mol. The zero-order valence-electron chi connectivity index (χ0n) is 42.0. The van der Waals surface area contributed by atoms with Crippen molar-refractivity contribution in [3.05, 3.63) is 109 Å². The van der Waals surface area contributed by atoms with E-state index in [4.69, 9.17) is 14.2 Å². The molecule has 0 aliphatic rings. The molecule has 0 heterocycles. The highest BCUT2D eigenvalue weighted by Gasteiger charge is 2.19. The monoisotopic (exact) mass is 901 g/mol. The lowest BCUT2D eigenvalue weighted by molar-refractivity contribution is -0.166. The lowest BCUT2D eigenvalue weighted by Crippen LogP contribution is -2.30. The number of carbonyl (C=O) groups is 3. The molecule has 0 aromatic carbocycles. The lowest BCUT2D eigenvalue weighted by Gasteiger charge is -2.18. The summed E-state index contributed by atoms with van der Waals surface area (Å²) in [5, 5.41) is 0. The van der Waals surface area contributed by atoms with E-state index < -0.39 is 12.1 Å². The Morgan fingerprint density at radius 1 is 0.323 bits per heavy atom. The van der Waals surface area contributed by atoms with E-state index in [2.05, 4.69) is 118 Å². The van der Waals surface area contributed by atoms with Gasteiger partial charge in [0.15, 0.2) is 6.10 Å². The molecule has 0 aliphatic carbocycles. The first-order valence-corrected chi connectivity index (χ1v) is 26.4. The quantitative estimate of drug-likeness (QED) is 0.0262. The average Bonchev–Trinajstić information content (AvgIpc) is 3.30. The molecule has 0 saturated carbocycles. The molecular formula is C59H96O6. The van der Waals surface area contributed by atoms with Crippen molar-refractivity contribution in [3.8, 4) is 0 Å². The van der Waals surface area contributed by atoms with E-state index in [9.17, 15) is 14.4 Å². The van der Waals surface area contributed by atoms with Gasteiger partial charge in [-0.1, -0.05) is 207 Å². The van der Waals surface area contributed by atoms with Crippen LogP contribution < -0.4 is 0 Å². The molecule has 6 nitrogen and oxygen atoms in total. The predicted molar refractivity (Wildman–Crippen MR) is 279 cm³/mol. The zero-order chi connectivity index (χ0) is 47.2. The van der Waals surface area contributed by atoms with Crippen LogP contribution >= 0.6 is 0 Å². The minimum absolute atomic E-state index is 0.117. The summed E-state index contributed by atoms with van der Waals surface area (Å²) in [4.78, 5) is 38.0. The number of unbranched alkanes of at least 4 members (excludes halogenated alkanes) is 17. The number of esters is 3. The second-order valence-electron chi connectivity index (χ2n) is 17.0. The molecule has 0 aromatic heterocycles. The minimum atomic E-state index is -0.826. The SMILES string of the molecule is CC/C=C\C/C=C\C/C=C\C/C=C\C/C=C\C/C=C\CCC(=O)O[C@@H](COC(=O)CCCCCCC/C=C\CCCC)COC(=O)CCCCCCCCC/C=C\C/C=C\CCCCC. The van der Waals surface area contributed by atoms with E-state index in [1.807, 2.05) is 12.2 Å². The maximum atomic E-state index is 12.8. The Bertz CT molecular complexity index is 1360. The second kappa shape index (κ2) is 52.7. The fourth-order valence-corrected chi connectivity index (χ4v) is 6.77. The molecule has 0 aliphatic heterocycles. The van der Waals surface area contributed by atoms with Crippen molar-refractivity contribution in [1.29, 1.82) is 0 Å². The van der Waals surface area contributed by atoms with Crippen LogP contribution in [-0.4, -0.2) is 37.2 Å². The fraction of sp³-hybridized carbons (Fsp3) is 0.644. The van der Waals surface area contributed by atoms with Crippen molar-refractivity contribution in [3.63, 3.8) is 0 Å². The van der Waals surface area contributed by atoms with Gasteiger partial charge in [-0.15, -0.1) is 0 Å². The third kappa shape index (κ3) is 50.9. The summed E-state index contributed by atoms with van der Waals surface area (Å²) in [7, 11) is 0. The Labute approximate surface area is 400 Å². The van der Waals surface area contributed by atoms with Crippen LogP contribution in [0.4, 0.5) is 0 Å². The molecule has 0 N–H and O–H groups in total. The molecule has 0 aromatic rings. The predicted octanol–water partition coefficient (Wildman–Crippen LogP) is 17.5. The van der Waals surface area contributed by atoms with Crippen molar-refractivity contribution in [2.24, 2.45) is 0 Å². The number of allylic oxidation sites excluding steroid dienone is 18. The summed E-state index contributed by atoms with van der Waals surface area (Å²) in [5.41, 5.74) is 0. The van der Waals surface area contributed by atoms with Crippen LogP contribution in [0, 0.1) is 0 Å². The fourth-order valence-electron chi connectivity index (χ4n) is 6.77. The molecule has 0 radical (unpaired) electrons. The number of rotatable bonds is 46. The van der Waals surface area contributed by atoms with E-state index in [-0.39, 0.29) is 31.6 Å². The summed E-state index contributed by atoms with van der Waals surface area (Å²) < 4.78 is 16.7. The third-order valence-electron chi connectivity index (χ3n) is 10.7. The minimum Gasteiger partial charge on any atom is -0.462 e. The Balaban J connectivity index is 4.52. The van der Waals surface area contributed by atoms with Crippen molar-refractivity contribution in [1.82, 2.24) is 0 Å². The van der Waals surface area contributed by atoms with Crippen LogP contribution in [0.1, 0.15) is 226 Å². The van der Waals surface area contributed by atoms with Gasteiger partial charge in [0.2, 0.25) is 0 Å². The molecule has 6 heteroatoms. The maximum Gasteiger partial charge on any atom is 0.306 e. The number of hydrogen-bond acceptors (Lipinski definition) is 6. The van der Waals surface area contributed by atoms with Gasteiger partial charge in [-0.25, -0.2) is 0 Å². The van der Waals surface area contributed by atoms with Crippen molar-refractivity contribution in [2.45, 2.75) is 232 Å². The van der Waals surface area contributed by atoms with Gasteiger partial charge >= 0.3 is 17.9 Å². The smallest absolute Gasteiger partial charge is 0.306 e. The first-order chi connectivity index (χ1) is 32.0. The van der Waals surface area contributed by atoms with Gasteiger partial charge in [0.1, 0.15) is 13.2 Å². The van der Waals surface area contributed by atoms with Crippen LogP contribution in [0.15, 0.2) is 109 Å². The van der Waals surface area contributed by atoms with E-state index in [1.165, 1.54) is 77.0 Å². The molecule has 0 rings (SSSR count). The van der Waals surface area contributed by atoms with Gasteiger partial charge in [-0.2, -0.15) is 0 Å². The van der Waals surface area contributed by atoms with E-state index in [1.54, 1.807) is 0 Å². The Hall–Kier alpha value is -3.93. The van der Waals surface area contributed by atoms with Gasteiger partial charge < -0.3 is 14.2 Å². The van der Waals surface area contributed by atoms with Crippen molar-refractivity contribution in [2.75, 3.05) is 13.2 Å². The van der Waals surface area contributed by atoms with Crippen LogP contribution in [0.2, 0.25) is 0 Å². The summed E-state index contributed by atoms with van der Waals surface area (Å²) in [6.45, 7) is 6.37. The molecule has 0 amide bonds. The van der Waals surface area contributed by atoms with Gasteiger partial charge in [0, 0.05) is 19.3 Å². The third-order valence-corrected chi connectivity index (χ3v) is 10.7.